The number of aliphatic hydroxyl groups excluding tert-OH is 1. The van der Waals surface area contributed by atoms with Gasteiger partial charge in [0.2, 0.25) is 0 Å². The van der Waals surface area contributed by atoms with Gasteiger partial charge in [0.1, 0.15) is 17.3 Å². The van der Waals surface area contributed by atoms with Crippen molar-refractivity contribution in [1.29, 1.82) is 0 Å². The minimum absolute atomic E-state index is 0.00966. The van der Waals surface area contributed by atoms with Crippen LogP contribution in [-0.4, -0.2) is 70.5 Å². The molecule has 0 aromatic carbocycles. The fourth-order valence-electron chi connectivity index (χ4n) is 7.10. The van der Waals surface area contributed by atoms with Crippen molar-refractivity contribution in [3.63, 3.8) is 0 Å². The molecule has 6 heterocycles. The van der Waals surface area contributed by atoms with E-state index in [0.717, 1.165) is 91.5 Å². The molecule has 0 saturated carbocycles. The zero-order valence-corrected chi connectivity index (χ0v) is 24.2. The zero-order chi connectivity index (χ0) is 28.0. The van der Waals surface area contributed by atoms with E-state index < -0.39 is 0 Å². The van der Waals surface area contributed by atoms with Gasteiger partial charge in [-0.25, -0.2) is 15.0 Å². The van der Waals surface area contributed by atoms with Crippen molar-refractivity contribution in [2.45, 2.75) is 61.2 Å². The van der Waals surface area contributed by atoms with Crippen LogP contribution in [0.2, 0.25) is 0 Å². The Kier molecular flexibility index (Phi) is 7.22. The molecule has 0 radical (unpaired) electrons. The summed E-state index contributed by atoms with van der Waals surface area (Å²) < 4.78 is 12.0. The molecule has 1 aliphatic carbocycles. The molecule has 10 nitrogen and oxygen atoms in total. The summed E-state index contributed by atoms with van der Waals surface area (Å²) in [7, 11) is 0. The lowest BCUT2D eigenvalue weighted by Gasteiger charge is -2.42. The van der Waals surface area contributed by atoms with Crippen LogP contribution in [0.5, 0.6) is 5.75 Å². The lowest BCUT2D eigenvalue weighted by atomic mass is 9.73. The summed E-state index contributed by atoms with van der Waals surface area (Å²) in [5.74, 6) is 2.93. The number of piperidine rings is 1. The first kappa shape index (κ1) is 26.9. The maximum atomic E-state index is 10.3. The fourth-order valence-corrected chi connectivity index (χ4v) is 7.96. The highest BCUT2D eigenvalue weighted by Gasteiger charge is 2.47. The largest absolute Gasteiger partial charge is 0.486 e. The summed E-state index contributed by atoms with van der Waals surface area (Å²) in [6, 6.07) is 6.40. The van der Waals surface area contributed by atoms with E-state index in [0.29, 0.717) is 24.3 Å². The second-order valence-corrected chi connectivity index (χ2v) is 12.7. The van der Waals surface area contributed by atoms with E-state index in [4.69, 9.17) is 25.2 Å². The predicted molar refractivity (Wildman–Crippen MR) is 156 cm³/mol. The van der Waals surface area contributed by atoms with Crippen molar-refractivity contribution in [2.75, 3.05) is 49.3 Å². The number of nitrogens with two attached hydrogens (primary N) is 1. The van der Waals surface area contributed by atoms with E-state index in [9.17, 15) is 5.11 Å². The molecule has 2 saturated heterocycles. The van der Waals surface area contributed by atoms with Gasteiger partial charge >= 0.3 is 0 Å². The van der Waals surface area contributed by atoms with Crippen LogP contribution in [0.15, 0.2) is 46.7 Å². The molecule has 216 valence electrons. The van der Waals surface area contributed by atoms with Gasteiger partial charge in [-0.05, 0) is 55.7 Å². The highest BCUT2D eigenvalue weighted by atomic mass is 32.2. The molecule has 7 rings (SSSR count). The molecule has 3 aromatic rings. The van der Waals surface area contributed by atoms with Gasteiger partial charge < -0.3 is 30.1 Å². The van der Waals surface area contributed by atoms with Crippen LogP contribution >= 0.6 is 11.8 Å². The minimum atomic E-state index is -0.172. The average Bonchev–Trinajstić information content (AvgIpc) is 3.55. The van der Waals surface area contributed by atoms with Gasteiger partial charge in [0, 0.05) is 56.3 Å². The van der Waals surface area contributed by atoms with Crippen molar-refractivity contribution in [3.8, 4) is 5.75 Å². The van der Waals surface area contributed by atoms with Crippen LogP contribution in [0.25, 0.3) is 0 Å². The van der Waals surface area contributed by atoms with Crippen LogP contribution < -0.4 is 20.3 Å². The molecule has 3 aromatic heterocycles. The SMILES string of the molecule is CCOC[C@H]1C[C@H]2COc3c(Sc4cnc(N5CCC6(CC5)Cc5ncccc5[C@H]6N)c(CO)n4)ccnc3N2C1. The zero-order valence-electron chi connectivity index (χ0n) is 23.4. The number of aromatic nitrogens is 4. The predicted octanol–water partition coefficient (Wildman–Crippen LogP) is 3.38. The molecule has 2 fully saturated rings. The Bertz CT molecular complexity index is 1420. The van der Waals surface area contributed by atoms with Crippen molar-refractivity contribution in [2.24, 2.45) is 17.1 Å². The second kappa shape index (κ2) is 11.0. The molecule has 3 N–H and O–H groups in total. The molecule has 4 aliphatic rings. The van der Waals surface area contributed by atoms with Crippen molar-refractivity contribution < 1.29 is 14.6 Å². The van der Waals surface area contributed by atoms with Crippen molar-refractivity contribution >= 4 is 23.4 Å². The number of rotatable bonds is 7. The summed E-state index contributed by atoms with van der Waals surface area (Å²) in [5, 5.41) is 11.0. The van der Waals surface area contributed by atoms with E-state index in [1.54, 1.807) is 6.20 Å². The summed E-state index contributed by atoms with van der Waals surface area (Å²) >= 11 is 1.50. The van der Waals surface area contributed by atoms with Crippen LogP contribution in [0.1, 0.15) is 49.2 Å². The first-order chi connectivity index (χ1) is 20.1. The van der Waals surface area contributed by atoms with Gasteiger partial charge in [-0.3, -0.25) is 4.98 Å². The first-order valence-corrected chi connectivity index (χ1v) is 15.5. The first-order valence-electron chi connectivity index (χ1n) is 14.6. The standard InChI is InChI=1S/C30H37N7O3S/c1-2-39-17-19-12-20-18-40-26-24(5-9-33-29(26)37(20)15-19)41-25-14-34-28(23(16-38)35-25)36-10-6-30(7-11-36)13-22-21(27(30)31)4-3-8-32-22/h3-5,8-9,14,19-20,27,38H,2,6-7,10-13,15-18,31H2,1H3/t19-,20-,27+/m0/s1. The molecule has 1 spiro atoms. The Balaban J connectivity index is 1.05. The minimum Gasteiger partial charge on any atom is -0.486 e. The quantitative estimate of drug-likeness (QED) is 0.431. The molecule has 3 aliphatic heterocycles. The van der Waals surface area contributed by atoms with Gasteiger partial charge in [-0.1, -0.05) is 17.8 Å². The second-order valence-electron chi connectivity index (χ2n) is 11.6. The number of fused-ring (bicyclic) bond motifs is 4. The van der Waals surface area contributed by atoms with E-state index in [-0.39, 0.29) is 18.1 Å². The number of aliphatic hydroxyl groups is 1. The molecule has 3 atom stereocenters. The van der Waals surface area contributed by atoms with Gasteiger partial charge in [-0.15, -0.1) is 0 Å². The molecule has 11 heteroatoms. The lowest BCUT2D eigenvalue weighted by Crippen LogP contribution is -2.45. The number of nitrogens with zero attached hydrogens (tertiary/aromatic N) is 6. The third-order valence-corrected chi connectivity index (χ3v) is 10.2. The Morgan fingerprint density at radius 1 is 1.17 bits per heavy atom. The van der Waals surface area contributed by atoms with E-state index in [1.165, 1.54) is 17.3 Å². The van der Waals surface area contributed by atoms with E-state index in [1.807, 2.05) is 31.5 Å². The monoisotopic (exact) mass is 575 g/mol. The summed E-state index contributed by atoms with van der Waals surface area (Å²) in [6.07, 6.45) is 9.39. The van der Waals surface area contributed by atoms with Gasteiger partial charge in [0.25, 0.3) is 0 Å². The fraction of sp³-hybridized carbons (Fsp3) is 0.533. The van der Waals surface area contributed by atoms with Gasteiger partial charge in [-0.2, -0.15) is 0 Å². The van der Waals surface area contributed by atoms with Crippen LogP contribution in [-0.2, 0) is 17.8 Å². The smallest absolute Gasteiger partial charge is 0.175 e. The Hall–Kier alpha value is -2.99. The van der Waals surface area contributed by atoms with E-state index in [2.05, 4.69) is 25.8 Å². The molecular weight excluding hydrogens is 538 g/mol. The Morgan fingerprint density at radius 2 is 2.05 bits per heavy atom. The van der Waals surface area contributed by atoms with Crippen LogP contribution in [0.4, 0.5) is 11.6 Å². The maximum Gasteiger partial charge on any atom is 0.175 e. The number of anilines is 2. The highest BCUT2D eigenvalue weighted by Crippen LogP contribution is 2.50. The van der Waals surface area contributed by atoms with Crippen LogP contribution in [0, 0.1) is 11.3 Å². The highest BCUT2D eigenvalue weighted by molar-refractivity contribution is 7.99. The lowest BCUT2D eigenvalue weighted by molar-refractivity contribution is 0.115. The van der Waals surface area contributed by atoms with Gasteiger partial charge in [0.05, 0.1) is 30.3 Å². The van der Waals surface area contributed by atoms with Crippen molar-refractivity contribution in [1.82, 2.24) is 19.9 Å². The number of hydrogen-bond acceptors (Lipinski definition) is 11. The summed E-state index contributed by atoms with van der Waals surface area (Å²) in [4.78, 5) is 24.5. The average molecular weight is 576 g/mol. The third kappa shape index (κ3) is 4.82. The molecule has 0 bridgehead atoms. The normalized spacial score (nSPS) is 24.2. The number of ether oxygens (including phenoxy) is 2. The van der Waals surface area contributed by atoms with Crippen molar-refractivity contribution in [3.05, 3.63) is 53.7 Å². The molecule has 0 unspecified atom stereocenters. The van der Waals surface area contributed by atoms with E-state index >= 15 is 0 Å². The molecule has 0 amide bonds. The Morgan fingerprint density at radius 3 is 2.85 bits per heavy atom. The molecular formula is C30H37N7O3S. The number of hydrogen-bond donors (Lipinski definition) is 2. The summed E-state index contributed by atoms with van der Waals surface area (Å²) in [6.45, 7) is 6.59. The topological polar surface area (TPSA) is 123 Å². The molecule has 41 heavy (non-hydrogen) atoms. The Labute approximate surface area is 244 Å². The van der Waals surface area contributed by atoms with Gasteiger partial charge in [0.15, 0.2) is 17.4 Å². The summed E-state index contributed by atoms with van der Waals surface area (Å²) in [5.41, 5.74) is 9.69. The number of pyridine rings is 2. The van der Waals surface area contributed by atoms with Crippen LogP contribution in [0.3, 0.4) is 0 Å². The maximum absolute atomic E-state index is 10.3. The third-order valence-electron chi connectivity index (χ3n) is 9.26.